The predicted octanol–water partition coefficient (Wildman–Crippen LogP) is 2.20. The second-order valence-electron chi connectivity index (χ2n) is 6.87. The highest BCUT2D eigenvalue weighted by Gasteiger charge is 2.40. The molecule has 0 aromatic rings. The molecule has 5 heteroatoms. The van der Waals surface area contributed by atoms with Crippen LogP contribution in [0.2, 0.25) is 0 Å². The third-order valence-electron chi connectivity index (χ3n) is 5.26. The molecule has 1 saturated heterocycles. The molecule has 1 unspecified atom stereocenters. The van der Waals surface area contributed by atoms with E-state index in [0.29, 0.717) is 17.3 Å². The van der Waals surface area contributed by atoms with Crippen molar-refractivity contribution in [2.45, 2.75) is 70.4 Å². The van der Waals surface area contributed by atoms with Crippen molar-refractivity contribution in [1.29, 1.82) is 0 Å². The fraction of sp³-hybridized carbons (Fsp3) is 1.00. The number of piperazine rings is 1. The molecule has 0 amide bonds. The molecule has 1 heterocycles. The van der Waals surface area contributed by atoms with E-state index in [9.17, 15) is 8.42 Å². The summed E-state index contributed by atoms with van der Waals surface area (Å²) in [5.74, 6) is 0.621. The number of nitrogens with zero attached hydrogens (tertiary/aromatic N) is 1. The molecule has 4 nitrogen and oxygen atoms in total. The minimum atomic E-state index is -2.82. The molecular formula is C16H32N2O2S. The van der Waals surface area contributed by atoms with Gasteiger partial charge in [-0.15, -0.1) is 0 Å². The highest BCUT2D eigenvalue weighted by molar-refractivity contribution is 7.91. The van der Waals surface area contributed by atoms with Gasteiger partial charge in [0.1, 0.15) is 9.84 Å². The van der Waals surface area contributed by atoms with Gasteiger partial charge in [0.15, 0.2) is 0 Å². The van der Waals surface area contributed by atoms with Crippen LogP contribution in [0, 0.1) is 0 Å². The molecule has 21 heavy (non-hydrogen) atoms. The van der Waals surface area contributed by atoms with Gasteiger partial charge in [-0.1, -0.05) is 33.1 Å². The zero-order valence-electron chi connectivity index (χ0n) is 13.7. The van der Waals surface area contributed by atoms with E-state index in [0.717, 1.165) is 26.1 Å². The molecule has 1 aliphatic heterocycles. The molecular weight excluding hydrogens is 284 g/mol. The van der Waals surface area contributed by atoms with Crippen LogP contribution in [0.3, 0.4) is 0 Å². The first-order chi connectivity index (χ1) is 10.0. The highest BCUT2D eigenvalue weighted by Crippen LogP contribution is 2.33. The Hall–Kier alpha value is -0.130. The monoisotopic (exact) mass is 316 g/mol. The van der Waals surface area contributed by atoms with Gasteiger partial charge in [0, 0.05) is 30.4 Å². The summed E-state index contributed by atoms with van der Waals surface area (Å²) < 4.78 is 23.3. The van der Waals surface area contributed by atoms with Crippen LogP contribution in [0.1, 0.15) is 58.8 Å². The number of hydrogen-bond donors (Lipinski definition) is 1. The number of hydrogen-bond acceptors (Lipinski definition) is 4. The van der Waals surface area contributed by atoms with E-state index in [2.05, 4.69) is 17.1 Å². The van der Waals surface area contributed by atoms with E-state index in [-0.39, 0.29) is 5.75 Å². The average molecular weight is 317 g/mol. The fourth-order valence-corrected chi connectivity index (χ4v) is 4.79. The van der Waals surface area contributed by atoms with Crippen molar-refractivity contribution in [2.75, 3.05) is 31.1 Å². The van der Waals surface area contributed by atoms with Crippen LogP contribution < -0.4 is 5.32 Å². The summed E-state index contributed by atoms with van der Waals surface area (Å²) in [4.78, 5) is 2.58. The Balaban J connectivity index is 1.91. The van der Waals surface area contributed by atoms with Crippen LogP contribution >= 0.6 is 0 Å². The molecule has 0 aromatic heterocycles. The summed E-state index contributed by atoms with van der Waals surface area (Å²) in [6.45, 7) is 7.11. The maximum Gasteiger partial charge on any atom is 0.150 e. The highest BCUT2D eigenvalue weighted by atomic mass is 32.2. The molecule has 124 valence electrons. The van der Waals surface area contributed by atoms with Gasteiger partial charge >= 0.3 is 0 Å². The van der Waals surface area contributed by atoms with E-state index in [1.54, 1.807) is 6.92 Å². The van der Waals surface area contributed by atoms with Crippen LogP contribution in [0.25, 0.3) is 0 Å². The quantitative estimate of drug-likeness (QED) is 0.782. The van der Waals surface area contributed by atoms with Gasteiger partial charge < -0.3 is 5.32 Å². The van der Waals surface area contributed by atoms with E-state index in [1.165, 1.54) is 38.5 Å². The third kappa shape index (κ3) is 4.67. The van der Waals surface area contributed by atoms with Crippen molar-refractivity contribution in [1.82, 2.24) is 10.2 Å². The third-order valence-corrected chi connectivity index (χ3v) is 7.05. The first-order valence-electron chi connectivity index (χ1n) is 8.70. The summed E-state index contributed by atoms with van der Waals surface area (Å²) in [7, 11) is -2.82. The van der Waals surface area contributed by atoms with E-state index < -0.39 is 9.84 Å². The summed E-state index contributed by atoms with van der Waals surface area (Å²) in [5.41, 5.74) is 0.327. The fourth-order valence-electron chi connectivity index (χ4n) is 3.94. The normalized spacial score (nSPS) is 26.5. The summed E-state index contributed by atoms with van der Waals surface area (Å²) in [5, 5.41) is 3.82. The number of sulfone groups is 1. The second kappa shape index (κ2) is 7.42. The molecule has 2 rings (SSSR count). The zero-order chi connectivity index (χ0) is 15.3. The zero-order valence-corrected chi connectivity index (χ0v) is 14.6. The van der Waals surface area contributed by atoms with Crippen LogP contribution in [0.4, 0.5) is 0 Å². The molecule has 1 spiro atoms. The Labute approximate surface area is 130 Å². The van der Waals surface area contributed by atoms with Gasteiger partial charge in [0.25, 0.3) is 0 Å². The average Bonchev–Trinajstić information content (AvgIpc) is 2.90. The maximum atomic E-state index is 11.7. The first-order valence-corrected chi connectivity index (χ1v) is 10.5. The second-order valence-corrected chi connectivity index (χ2v) is 9.34. The molecule has 2 aliphatic rings. The molecule has 1 atom stereocenters. The van der Waals surface area contributed by atoms with Crippen LogP contribution in [-0.2, 0) is 9.84 Å². The topological polar surface area (TPSA) is 49.4 Å². The number of rotatable bonds is 7. The Morgan fingerprint density at radius 2 is 1.95 bits per heavy atom. The maximum absolute atomic E-state index is 11.7. The van der Waals surface area contributed by atoms with Crippen LogP contribution in [0.15, 0.2) is 0 Å². The van der Waals surface area contributed by atoms with Crippen LogP contribution in [0.5, 0.6) is 0 Å². The lowest BCUT2D eigenvalue weighted by Crippen LogP contribution is -2.63. The minimum Gasteiger partial charge on any atom is -0.308 e. The lowest BCUT2D eigenvalue weighted by Gasteiger charge is -2.46. The Bertz CT molecular complexity index is 416. The molecule has 0 bridgehead atoms. The SMILES string of the molecule is CCCC1CNC2(CCCC2)CN1CCCS(=O)(=O)CC. The van der Waals surface area contributed by atoms with Crippen molar-refractivity contribution in [3.05, 3.63) is 0 Å². The predicted molar refractivity (Wildman–Crippen MR) is 88.4 cm³/mol. The van der Waals surface area contributed by atoms with Gasteiger partial charge in [-0.2, -0.15) is 0 Å². The Morgan fingerprint density at radius 1 is 1.24 bits per heavy atom. The van der Waals surface area contributed by atoms with Crippen LogP contribution in [-0.4, -0.2) is 56.0 Å². The van der Waals surface area contributed by atoms with Crippen molar-refractivity contribution in [3.63, 3.8) is 0 Å². The van der Waals surface area contributed by atoms with Gasteiger partial charge in [-0.3, -0.25) is 4.90 Å². The molecule has 1 saturated carbocycles. The molecule has 2 fully saturated rings. The van der Waals surface area contributed by atoms with Crippen molar-refractivity contribution in [3.8, 4) is 0 Å². The minimum absolute atomic E-state index is 0.275. The van der Waals surface area contributed by atoms with E-state index in [1.807, 2.05) is 0 Å². The molecule has 0 aromatic carbocycles. The lowest BCUT2D eigenvalue weighted by molar-refractivity contribution is 0.0758. The summed E-state index contributed by atoms with van der Waals surface area (Å²) in [6, 6.07) is 0.588. The van der Waals surface area contributed by atoms with Gasteiger partial charge in [0.2, 0.25) is 0 Å². The molecule has 0 radical (unpaired) electrons. The van der Waals surface area contributed by atoms with Gasteiger partial charge in [-0.05, 0) is 32.2 Å². The first kappa shape index (κ1) is 17.2. The van der Waals surface area contributed by atoms with Crippen molar-refractivity contribution < 1.29 is 8.42 Å². The van der Waals surface area contributed by atoms with E-state index in [4.69, 9.17) is 0 Å². The van der Waals surface area contributed by atoms with Gasteiger partial charge in [0.05, 0.1) is 5.75 Å². The Morgan fingerprint density at radius 3 is 2.57 bits per heavy atom. The van der Waals surface area contributed by atoms with E-state index >= 15 is 0 Å². The lowest BCUT2D eigenvalue weighted by atomic mass is 9.91. The van der Waals surface area contributed by atoms with Crippen molar-refractivity contribution in [2.24, 2.45) is 0 Å². The van der Waals surface area contributed by atoms with Gasteiger partial charge in [-0.25, -0.2) is 8.42 Å². The largest absolute Gasteiger partial charge is 0.308 e. The summed E-state index contributed by atoms with van der Waals surface area (Å²) >= 11 is 0. The molecule has 1 N–H and O–H groups in total. The standard InChI is InChI=1S/C16H32N2O2S/c1-3-8-15-13-17-16(9-5-6-10-16)14-18(15)11-7-12-21(19,20)4-2/h15,17H,3-14H2,1-2H3. The Kier molecular flexibility index (Phi) is 6.09. The molecule has 1 aliphatic carbocycles. The van der Waals surface area contributed by atoms with Crippen molar-refractivity contribution >= 4 is 9.84 Å². The summed E-state index contributed by atoms with van der Waals surface area (Å²) in [6.07, 6.45) is 8.44. The number of nitrogens with one attached hydrogen (secondary N) is 1. The smallest absolute Gasteiger partial charge is 0.150 e.